The van der Waals surface area contributed by atoms with Crippen molar-refractivity contribution in [1.29, 1.82) is 0 Å². The first-order valence-electron chi connectivity index (χ1n) is 6.35. The van der Waals surface area contributed by atoms with E-state index in [9.17, 15) is 9.59 Å². The number of nitrogens with one attached hydrogen (secondary N) is 2. The van der Waals surface area contributed by atoms with Gasteiger partial charge in [0.05, 0.1) is 0 Å². The lowest BCUT2D eigenvalue weighted by Crippen LogP contribution is -2.48. The summed E-state index contributed by atoms with van der Waals surface area (Å²) in [5.41, 5.74) is 2.81. The van der Waals surface area contributed by atoms with Gasteiger partial charge in [-0.2, -0.15) is 0 Å². The Bertz CT molecular complexity index is 446. The molecule has 0 fully saturated rings. The van der Waals surface area contributed by atoms with E-state index < -0.39 is 24.1 Å². The maximum Gasteiger partial charge on any atom is 0.339 e. The Kier molecular flexibility index (Phi) is 5.99. The van der Waals surface area contributed by atoms with Gasteiger partial charge in [0.1, 0.15) is 0 Å². The van der Waals surface area contributed by atoms with Crippen LogP contribution in [-0.4, -0.2) is 29.3 Å². The van der Waals surface area contributed by atoms with Crippen LogP contribution in [0.25, 0.3) is 0 Å². The number of hydroxylamine groups is 1. The predicted molar refractivity (Wildman–Crippen MR) is 74.1 cm³/mol. The zero-order chi connectivity index (χ0) is 15.0. The van der Waals surface area contributed by atoms with E-state index in [2.05, 4.69) is 10.2 Å². The van der Waals surface area contributed by atoms with Crippen molar-refractivity contribution < 1.29 is 19.5 Å². The molecule has 2 amide bonds. The summed E-state index contributed by atoms with van der Waals surface area (Å²) in [5.74, 6) is -1.14. The number of carboxylic acid groups (broad SMARTS) is 1. The number of urea groups is 1. The lowest BCUT2D eigenvalue weighted by Gasteiger charge is -2.26. The highest BCUT2D eigenvalue weighted by atomic mass is 16.7. The van der Waals surface area contributed by atoms with Gasteiger partial charge in [0.15, 0.2) is 6.61 Å². The van der Waals surface area contributed by atoms with Crippen molar-refractivity contribution >= 4 is 12.0 Å². The number of carboxylic acids is 1. The average molecular weight is 280 g/mol. The van der Waals surface area contributed by atoms with Crippen LogP contribution >= 0.6 is 0 Å². The number of benzene rings is 1. The summed E-state index contributed by atoms with van der Waals surface area (Å²) in [6, 6.07) is 9.42. The second kappa shape index (κ2) is 7.49. The van der Waals surface area contributed by atoms with Crippen LogP contribution in [0.4, 0.5) is 4.79 Å². The molecule has 0 radical (unpaired) electrons. The zero-order valence-corrected chi connectivity index (χ0v) is 11.7. The maximum absolute atomic E-state index is 11.5. The van der Waals surface area contributed by atoms with Gasteiger partial charge in [-0.25, -0.2) is 15.1 Å². The first kappa shape index (κ1) is 16.0. The van der Waals surface area contributed by atoms with Gasteiger partial charge in [-0.05, 0) is 32.3 Å². The number of rotatable bonds is 7. The summed E-state index contributed by atoms with van der Waals surface area (Å²) >= 11 is 0. The van der Waals surface area contributed by atoms with Gasteiger partial charge in [0.25, 0.3) is 0 Å². The molecule has 0 saturated carbocycles. The molecular formula is C14H20N2O4. The van der Waals surface area contributed by atoms with Crippen LogP contribution in [-0.2, 0) is 16.1 Å². The van der Waals surface area contributed by atoms with E-state index >= 15 is 0 Å². The van der Waals surface area contributed by atoms with Crippen LogP contribution in [0.1, 0.15) is 25.8 Å². The zero-order valence-electron chi connectivity index (χ0n) is 11.7. The van der Waals surface area contributed by atoms with Crippen molar-refractivity contribution in [2.24, 2.45) is 0 Å². The fourth-order valence-corrected chi connectivity index (χ4v) is 1.66. The second-order valence-electron chi connectivity index (χ2n) is 5.11. The smallest absolute Gasteiger partial charge is 0.339 e. The number of hydrogen-bond donors (Lipinski definition) is 3. The summed E-state index contributed by atoms with van der Waals surface area (Å²) in [4.78, 5) is 26.2. The van der Waals surface area contributed by atoms with E-state index in [1.807, 2.05) is 49.7 Å². The molecule has 20 heavy (non-hydrogen) atoms. The van der Waals surface area contributed by atoms with Gasteiger partial charge in [-0.15, -0.1) is 0 Å². The third kappa shape index (κ3) is 6.75. The Morgan fingerprint density at radius 3 is 2.50 bits per heavy atom. The molecular weight excluding hydrogens is 260 g/mol. The van der Waals surface area contributed by atoms with Crippen LogP contribution in [0.5, 0.6) is 0 Å². The minimum absolute atomic E-state index is 0.424. The molecule has 1 rings (SSSR count). The Labute approximate surface area is 118 Å². The van der Waals surface area contributed by atoms with Crippen molar-refractivity contribution in [2.45, 2.75) is 32.2 Å². The number of carbonyl (C=O) groups is 2. The van der Waals surface area contributed by atoms with Gasteiger partial charge in [0, 0.05) is 5.54 Å². The monoisotopic (exact) mass is 280 g/mol. The standard InChI is InChI=1S/C14H20N2O4/c1-14(2,9-8-11-6-4-3-5-7-11)15-13(19)16-20-10-12(17)18/h3-7H,8-10H2,1-2H3,(H,17,18)(H2,15,16,19). The topological polar surface area (TPSA) is 87.7 Å². The predicted octanol–water partition coefficient (Wildman–Crippen LogP) is 1.71. The lowest BCUT2D eigenvalue weighted by atomic mass is 9.95. The fraction of sp³-hybridized carbons (Fsp3) is 0.429. The van der Waals surface area contributed by atoms with Crippen LogP contribution in [0.3, 0.4) is 0 Å². The van der Waals surface area contributed by atoms with Crippen molar-refractivity contribution in [3.63, 3.8) is 0 Å². The van der Waals surface area contributed by atoms with Crippen LogP contribution < -0.4 is 10.8 Å². The Morgan fingerprint density at radius 1 is 1.25 bits per heavy atom. The molecule has 3 N–H and O–H groups in total. The fourth-order valence-electron chi connectivity index (χ4n) is 1.66. The highest BCUT2D eigenvalue weighted by Crippen LogP contribution is 2.13. The summed E-state index contributed by atoms with van der Waals surface area (Å²) in [7, 11) is 0. The second-order valence-corrected chi connectivity index (χ2v) is 5.11. The van der Waals surface area contributed by atoms with Gasteiger partial charge in [-0.3, -0.25) is 4.84 Å². The molecule has 0 spiro atoms. The highest BCUT2D eigenvalue weighted by Gasteiger charge is 2.20. The quantitative estimate of drug-likeness (QED) is 0.663. The van der Waals surface area contributed by atoms with Crippen molar-refractivity contribution in [3.05, 3.63) is 35.9 Å². The number of aryl methyl sites for hydroxylation is 1. The summed E-state index contributed by atoms with van der Waals surface area (Å²) in [6.07, 6.45) is 1.59. The molecule has 0 aliphatic heterocycles. The molecule has 0 atom stereocenters. The summed E-state index contributed by atoms with van der Waals surface area (Å²) < 4.78 is 0. The number of carbonyl (C=O) groups excluding carboxylic acids is 1. The van der Waals surface area contributed by atoms with E-state index in [-0.39, 0.29) is 0 Å². The minimum atomic E-state index is -1.14. The normalized spacial score (nSPS) is 10.9. The lowest BCUT2D eigenvalue weighted by molar-refractivity contribution is -0.144. The SMILES string of the molecule is CC(C)(CCc1ccccc1)NC(=O)NOCC(=O)O. The van der Waals surface area contributed by atoms with E-state index in [0.29, 0.717) is 0 Å². The largest absolute Gasteiger partial charge is 0.479 e. The highest BCUT2D eigenvalue weighted by molar-refractivity contribution is 5.74. The van der Waals surface area contributed by atoms with E-state index in [1.54, 1.807) is 0 Å². The summed E-state index contributed by atoms with van der Waals surface area (Å²) in [5, 5.41) is 11.1. The van der Waals surface area contributed by atoms with Gasteiger partial charge < -0.3 is 10.4 Å². The molecule has 0 aliphatic carbocycles. The Hall–Kier alpha value is -2.08. The minimum Gasteiger partial charge on any atom is -0.479 e. The number of hydrogen-bond acceptors (Lipinski definition) is 3. The third-order valence-electron chi connectivity index (χ3n) is 2.69. The molecule has 0 aromatic heterocycles. The molecule has 0 heterocycles. The molecule has 0 aliphatic rings. The van der Waals surface area contributed by atoms with E-state index in [4.69, 9.17) is 5.11 Å². The van der Waals surface area contributed by atoms with E-state index in [0.717, 1.165) is 12.8 Å². The van der Waals surface area contributed by atoms with Crippen LogP contribution in [0, 0.1) is 0 Å². The first-order chi connectivity index (χ1) is 9.39. The summed E-state index contributed by atoms with van der Waals surface area (Å²) in [6.45, 7) is 3.22. The van der Waals surface area contributed by atoms with Gasteiger partial charge in [-0.1, -0.05) is 30.3 Å². The van der Waals surface area contributed by atoms with Crippen molar-refractivity contribution in [1.82, 2.24) is 10.8 Å². The van der Waals surface area contributed by atoms with Crippen LogP contribution in [0.2, 0.25) is 0 Å². The Balaban J connectivity index is 2.33. The number of aliphatic carboxylic acids is 1. The molecule has 0 bridgehead atoms. The molecule has 6 heteroatoms. The molecule has 1 aromatic rings. The molecule has 0 unspecified atom stereocenters. The average Bonchev–Trinajstić information content (AvgIpc) is 2.37. The molecule has 110 valence electrons. The van der Waals surface area contributed by atoms with Gasteiger partial charge in [0.2, 0.25) is 0 Å². The first-order valence-corrected chi connectivity index (χ1v) is 6.35. The molecule has 1 aromatic carbocycles. The number of amides is 2. The van der Waals surface area contributed by atoms with Crippen LogP contribution in [0.15, 0.2) is 30.3 Å². The maximum atomic E-state index is 11.5. The van der Waals surface area contributed by atoms with Crippen molar-refractivity contribution in [3.8, 4) is 0 Å². The molecule has 0 saturated heterocycles. The Morgan fingerprint density at radius 2 is 1.90 bits per heavy atom. The van der Waals surface area contributed by atoms with Gasteiger partial charge >= 0.3 is 12.0 Å². The third-order valence-corrected chi connectivity index (χ3v) is 2.69. The van der Waals surface area contributed by atoms with Crippen molar-refractivity contribution in [2.75, 3.05) is 6.61 Å². The molecule has 6 nitrogen and oxygen atoms in total. The van der Waals surface area contributed by atoms with E-state index in [1.165, 1.54) is 5.56 Å².